The summed E-state index contributed by atoms with van der Waals surface area (Å²) < 4.78 is 5.31. The predicted octanol–water partition coefficient (Wildman–Crippen LogP) is 2.28. The Hall–Kier alpha value is -1.28. The molecule has 15 heavy (non-hydrogen) atoms. The van der Waals surface area contributed by atoms with E-state index in [2.05, 4.69) is 12.1 Å². The van der Waals surface area contributed by atoms with E-state index in [1.54, 1.807) is 0 Å². The van der Waals surface area contributed by atoms with E-state index in [4.69, 9.17) is 4.74 Å². The molecular formula is C13H16O2. The number of rotatable bonds is 4. The van der Waals surface area contributed by atoms with Gasteiger partial charge in [-0.3, -0.25) is 0 Å². The molecule has 0 aliphatic carbocycles. The van der Waals surface area contributed by atoms with E-state index in [-0.39, 0.29) is 0 Å². The molecule has 1 N–H and O–H groups in total. The Kier molecular flexibility index (Phi) is 3.41. The number of benzene rings is 1. The first kappa shape index (κ1) is 10.2. The average Bonchev–Trinajstić information content (AvgIpc) is 2.81. The molecular weight excluding hydrogens is 188 g/mol. The van der Waals surface area contributed by atoms with E-state index in [0.29, 0.717) is 0 Å². The first-order chi connectivity index (χ1) is 7.36. The number of aryl methyl sites for hydroxylation is 1. The molecule has 1 aliphatic heterocycles. The molecule has 1 aromatic rings. The zero-order valence-electron chi connectivity index (χ0n) is 8.73. The number of ether oxygens (including phenoxy) is 1. The minimum Gasteiger partial charge on any atom is -0.495 e. The lowest BCUT2D eigenvalue weighted by Crippen LogP contribution is -2.11. The molecule has 2 heteroatoms. The van der Waals surface area contributed by atoms with Crippen LogP contribution >= 0.6 is 0 Å². The van der Waals surface area contributed by atoms with Crippen molar-refractivity contribution in [3.63, 3.8) is 0 Å². The summed E-state index contributed by atoms with van der Waals surface area (Å²) in [7, 11) is 0. The highest BCUT2D eigenvalue weighted by Crippen LogP contribution is 2.17. The summed E-state index contributed by atoms with van der Waals surface area (Å²) in [6, 6.07) is 10.2. The molecule has 0 saturated carbocycles. The maximum Gasteiger partial charge on any atom is 0.121 e. The lowest BCUT2D eigenvalue weighted by molar-refractivity contribution is 0.112. The van der Waals surface area contributed by atoms with Crippen LogP contribution in [0.15, 0.2) is 42.2 Å². The van der Waals surface area contributed by atoms with E-state index in [1.807, 2.05) is 24.3 Å². The first-order valence-corrected chi connectivity index (χ1v) is 5.41. The van der Waals surface area contributed by atoms with Crippen LogP contribution in [0.25, 0.3) is 0 Å². The fourth-order valence-electron chi connectivity index (χ4n) is 1.76. The molecule has 0 amide bonds. The van der Waals surface area contributed by atoms with Gasteiger partial charge in [-0.2, -0.15) is 0 Å². The van der Waals surface area contributed by atoms with E-state index in [9.17, 15) is 5.11 Å². The molecule has 2 nitrogen and oxygen atoms in total. The van der Waals surface area contributed by atoms with Crippen LogP contribution in [0.3, 0.4) is 0 Å². The van der Waals surface area contributed by atoms with Gasteiger partial charge in [-0.25, -0.2) is 0 Å². The van der Waals surface area contributed by atoms with Gasteiger partial charge < -0.3 is 9.84 Å². The molecule has 0 radical (unpaired) electrons. The molecule has 1 aromatic carbocycles. The van der Waals surface area contributed by atoms with Gasteiger partial charge in [0.1, 0.15) is 11.9 Å². The monoisotopic (exact) mass is 204 g/mol. The summed E-state index contributed by atoms with van der Waals surface area (Å²) in [5.74, 6) is 0.755. The van der Waals surface area contributed by atoms with Crippen molar-refractivity contribution in [1.82, 2.24) is 0 Å². The van der Waals surface area contributed by atoms with Crippen LogP contribution in [0.5, 0.6) is 0 Å². The molecule has 0 fully saturated rings. The van der Waals surface area contributed by atoms with Crippen molar-refractivity contribution in [1.29, 1.82) is 0 Å². The normalized spacial score (nSPS) is 17.0. The van der Waals surface area contributed by atoms with E-state index in [0.717, 1.165) is 31.6 Å². The van der Waals surface area contributed by atoms with E-state index >= 15 is 0 Å². The summed E-state index contributed by atoms with van der Waals surface area (Å²) in [6.45, 7) is 0.720. The van der Waals surface area contributed by atoms with Crippen molar-refractivity contribution in [2.45, 2.75) is 25.4 Å². The molecule has 1 atom stereocenters. The molecule has 2 rings (SSSR count). The minimum absolute atomic E-state index is 0.437. The summed E-state index contributed by atoms with van der Waals surface area (Å²) >= 11 is 0. The third-order valence-corrected chi connectivity index (χ3v) is 2.61. The van der Waals surface area contributed by atoms with E-state index in [1.165, 1.54) is 5.56 Å². The second-order valence-corrected chi connectivity index (χ2v) is 3.78. The molecule has 0 saturated heterocycles. The first-order valence-electron chi connectivity index (χ1n) is 5.41. The van der Waals surface area contributed by atoms with Gasteiger partial charge in [-0.05, 0) is 24.5 Å². The Morgan fingerprint density at radius 1 is 1.27 bits per heavy atom. The fourth-order valence-corrected chi connectivity index (χ4v) is 1.76. The van der Waals surface area contributed by atoms with Gasteiger partial charge in [-0.15, -0.1) is 0 Å². The third kappa shape index (κ3) is 2.83. The Balaban J connectivity index is 1.83. The van der Waals surface area contributed by atoms with Gasteiger partial charge in [0.2, 0.25) is 0 Å². The predicted molar refractivity (Wildman–Crippen MR) is 59.4 cm³/mol. The van der Waals surface area contributed by atoms with Gasteiger partial charge in [0.05, 0.1) is 6.61 Å². The Morgan fingerprint density at radius 2 is 2.07 bits per heavy atom. The summed E-state index contributed by atoms with van der Waals surface area (Å²) in [4.78, 5) is 0. The fraction of sp³-hybridized carbons (Fsp3) is 0.385. The quantitative estimate of drug-likeness (QED) is 0.815. The molecule has 1 unspecified atom stereocenters. The maximum absolute atomic E-state index is 9.82. The minimum atomic E-state index is -0.437. The van der Waals surface area contributed by atoms with Crippen LogP contribution in [-0.2, 0) is 11.2 Å². The van der Waals surface area contributed by atoms with Gasteiger partial charge in [-0.1, -0.05) is 30.3 Å². The van der Waals surface area contributed by atoms with E-state index < -0.39 is 6.10 Å². The average molecular weight is 204 g/mol. The van der Waals surface area contributed by atoms with Gasteiger partial charge in [0.25, 0.3) is 0 Å². The van der Waals surface area contributed by atoms with Crippen molar-refractivity contribution >= 4 is 0 Å². The van der Waals surface area contributed by atoms with Crippen LogP contribution in [0.2, 0.25) is 0 Å². The largest absolute Gasteiger partial charge is 0.495 e. The number of aliphatic hydroxyl groups excluding tert-OH is 1. The van der Waals surface area contributed by atoms with Crippen LogP contribution in [-0.4, -0.2) is 17.8 Å². The third-order valence-electron chi connectivity index (χ3n) is 2.61. The molecule has 0 spiro atoms. The van der Waals surface area contributed by atoms with Crippen molar-refractivity contribution in [3.05, 3.63) is 47.7 Å². The van der Waals surface area contributed by atoms with Crippen molar-refractivity contribution < 1.29 is 9.84 Å². The number of hydrogen-bond donors (Lipinski definition) is 1. The number of aliphatic hydroxyl groups is 1. The van der Waals surface area contributed by atoms with Crippen LogP contribution in [0.4, 0.5) is 0 Å². The highest BCUT2D eigenvalue weighted by Gasteiger charge is 2.15. The van der Waals surface area contributed by atoms with Gasteiger partial charge in [0.15, 0.2) is 0 Å². The Bertz CT molecular complexity index is 330. The zero-order valence-corrected chi connectivity index (χ0v) is 8.73. The highest BCUT2D eigenvalue weighted by molar-refractivity contribution is 5.15. The van der Waals surface area contributed by atoms with Gasteiger partial charge in [0, 0.05) is 6.42 Å². The molecule has 0 aromatic heterocycles. The maximum atomic E-state index is 9.82. The topological polar surface area (TPSA) is 29.5 Å². The van der Waals surface area contributed by atoms with Gasteiger partial charge >= 0.3 is 0 Å². The molecule has 1 aliphatic rings. The van der Waals surface area contributed by atoms with Crippen molar-refractivity contribution in [3.8, 4) is 0 Å². The molecule has 1 heterocycles. The Morgan fingerprint density at radius 3 is 2.73 bits per heavy atom. The SMILES string of the molecule is OC(CCc1ccccc1)C1=CCCO1. The number of hydrogen-bond acceptors (Lipinski definition) is 2. The molecule has 80 valence electrons. The second kappa shape index (κ2) is 4.99. The lowest BCUT2D eigenvalue weighted by Gasteiger charge is -2.11. The summed E-state index contributed by atoms with van der Waals surface area (Å²) in [5.41, 5.74) is 1.26. The Labute approximate surface area is 90.2 Å². The smallest absolute Gasteiger partial charge is 0.121 e. The summed E-state index contributed by atoms with van der Waals surface area (Å²) in [5, 5.41) is 9.82. The lowest BCUT2D eigenvalue weighted by atomic mass is 10.1. The van der Waals surface area contributed by atoms with Crippen LogP contribution < -0.4 is 0 Å². The second-order valence-electron chi connectivity index (χ2n) is 3.78. The molecule has 0 bridgehead atoms. The van der Waals surface area contributed by atoms with Crippen molar-refractivity contribution in [2.24, 2.45) is 0 Å². The van der Waals surface area contributed by atoms with Crippen molar-refractivity contribution in [2.75, 3.05) is 6.61 Å². The van der Waals surface area contributed by atoms with Crippen LogP contribution in [0.1, 0.15) is 18.4 Å². The standard InChI is InChI=1S/C13H16O2/c14-12(13-7-4-10-15-13)9-8-11-5-2-1-3-6-11/h1-3,5-7,12,14H,4,8-10H2. The highest BCUT2D eigenvalue weighted by atomic mass is 16.5. The zero-order chi connectivity index (χ0) is 10.5. The van der Waals surface area contributed by atoms with Crippen LogP contribution in [0, 0.1) is 0 Å². The summed E-state index contributed by atoms with van der Waals surface area (Å²) in [6.07, 6.45) is 4.10.